The Morgan fingerprint density at radius 1 is 1.54 bits per heavy atom. The second-order valence-corrected chi connectivity index (χ2v) is 3.30. The fourth-order valence-corrected chi connectivity index (χ4v) is 1.26. The van der Waals surface area contributed by atoms with Gasteiger partial charge in [0.1, 0.15) is 11.6 Å². The number of hydrogen-bond donors (Lipinski definition) is 2. The molecule has 0 radical (unpaired) electrons. The maximum absolute atomic E-state index is 13.5. The van der Waals surface area contributed by atoms with Gasteiger partial charge in [-0.15, -0.1) is 0 Å². The number of nitrogens with two attached hydrogens (primary N) is 1. The van der Waals surface area contributed by atoms with Crippen LogP contribution < -0.4 is 5.73 Å². The molecule has 1 atom stereocenters. The Hall–Kier alpha value is -1.09. The van der Waals surface area contributed by atoms with E-state index in [1.54, 1.807) is 6.92 Å². The van der Waals surface area contributed by atoms with Gasteiger partial charge in [0.2, 0.25) is 0 Å². The quantitative estimate of drug-likeness (QED) is 0.735. The minimum Gasteiger partial charge on any atom is -0.508 e. The van der Waals surface area contributed by atoms with E-state index in [-0.39, 0.29) is 17.5 Å². The minimum absolute atomic E-state index is 0.0641. The highest BCUT2D eigenvalue weighted by atomic mass is 19.1. The summed E-state index contributed by atoms with van der Waals surface area (Å²) in [6.07, 6.45) is 0. The lowest BCUT2D eigenvalue weighted by molar-refractivity contribution is 0.468. The van der Waals surface area contributed by atoms with E-state index in [4.69, 9.17) is 5.73 Å². The van der Waals surface area contributed by atoms with Crippen LogP contribution in [0, 0.1) is 12.7 Å². The molecule has 0 aliphatic heterocycles. The number of phenols is 1. The van der Waals surface area contributed by atoms with Gasteiger partial charge >= 0.3 is 0 Å². The van der Waals surface area contributed by atoms with Gasteiger partial charge in [-0.3, -0.25) is 0 Å². The summed E-state index contributed by atoms with van der Waals surface area (Å²) in [4.78, 5) is 0. The molecule has 0 saturated carbocycles. The van der Waals surface area contributed by atoms with Crippen molar-refractivity contribution in [2.24, 2.45) is 5.73 Å². The van der Waals surface area contributed by atoms with Crippen LogP contribution in [0.25, 0.3) is 0 Å². The second-order valence-electron chi connectivity index (χ2n) is 3.30. The number of aryl methyl sites for hydroxylation is 1. The summed E-state index contributed by atoms with van der Waals surface area (Å²) in [5, 5.41) is 9.26. The molecule has 0 saturated heterocycles. The van der Waals surface area contributed by atoms with Crippen molar-refractivity contribution in [2.45, 2.75) is 19.8 Å². The average molecular weight is 183 g/mol. The van der Waals surface area contributed by atoms with Crippen molar-refractivity contribution in [3.63, 3.8) is 0 Å². The van der Waals surface area contributed by atoms with Gasteiger partial charge in [-0.25, -0.2) is 4.39 Å². The van der Waals surface area contributed by atoms with E-state index >= 15 is 0 Å². The molecular formula is C10H14FNO. The predicted octanol–water partition coefficient (Wildman–Crippen LogP) is 1.90. The summed E-state index contributed by atoms with van der Waals surface area (Å²) in [6.45, 7) is 3.83. The van der Waals surface area contributed by atoms with Crippen molar-refractivity contribution < 1.29 is 9.50 Å². The van der Waals surface area contributed by atoms with Crippen molar-refractivity contribution in [1.29, 1.82) is 0 Å². The van der Waals surface area contributed by atoms with Gasteiger partial charge in [0, 0.05) is 0 Å². The Labute approximate surface area is 77.2 Å². The predicted molar refractivity (Wildman–Crippen MR) is 50.3 cm³/mol. The highest BCUT2D eigenvalue weighted by Gasteiger charge is 2.12. The normalized spacial score (nSPS) is 12.9. The van der Waals surface area contributed by atoms with E-state index < -0.39 is 0 Å². The molecule has 0 bridgehead atoms. The zero-order chi connectivity index (χ0) is 10.0. The summed E-state index contributed by atoms with van der Waals surface area (Å²) in [7, 11) is 0. The van der Waals surface area contributed by atoms with Gasteiger partial charge < -0.3 is 10.8 Å². The van der Waals surface area contributed by atoms with E-state index in [2.05, 4.69) is 0 Å². The number of rotatable bonds is 2. The molecule has 3 heteroatoms. The molecule has 0 heterocycles. The molecule has 13 heavy (non-hydrogen) atoms. The van der Waals surface area contributed by atoms with Gasteiger partial charge in [-0.2, -0.15) is 0 Å². The van der Waals surface area contributed by atoms with E-state index in [1.165, 1.54) is 12.1 Å². The fraction of sp³-hybridized carbons (Fsp3) is 0.400. The van der Waals surface area contributed by atoms with Crippen LogP contribution in [-0.4, -0.2) is 11.7 Å². The monoisotopic (exact) mass is 183 g/mol. The van der Waals surface area contributed by atoms with Crippen molar-refractivity contribution in [3.05, 3.63) is 29.1 Å². The Morgan fingerprint density at radius 3 is 2.69 bits per heavy atom. The zero-order valence-corrected chi connectivity index (χ0v) is 7.84. The van der Waals surface area contributed by atoms with Crippen LogP contribution in [0.4, 0.5) is 4.39 Å². The molecule has 0 aliphatic carbocycles. The lowest BCUT2D eigenvalue weighted by atomic mass is 9.98. The van der Waals surface area contributed by atoms with E-state index in [1.807, 2.05) is 6.92 Å². The molecule has 72 valence electrons. The Kier molecular flexibility index (Phi) is 2.88. The third-order valence-corrected chi connectivity index (χ3v) is 2.15. The van der Waals surface area contributed by atoms with Crippen molar-refractivity contribution in [3.8, 4) is 5.75 Å². The van der Waals surface area contributed by atoms with Crippen LogP contribution in [0.2, 0.25) is 0 Å². The summed E-state index contributed by atoms with van der Waals surface area (Å²) in [6, 6.07) is 2.84. The van der Waals surface area contributed by atoms with Crippen molar-refractivity contribution in [1.82, 2.24) is 0 Å². The van der Waals surface area contributed by atoms with E-state index in [9.17, 15) is 9.50 Å². The van der Waals surface area contributed by atoms with Gasteiger partial charge in [-0.1, -0.05) is 6.92 Å². The molecule has 0 spiro atoms. The standard InChI is InChI=1S/C10H14FNO/c1-6-3-8(13)4-9(10(6)11)7(2)5-12/h3-4,7,13H,5,12H2,1-2H3. The Bertz CT molecular complexity index is 312. The highest BCUT2D eigenvalue weighted by Crippen LogP contribution is 2.25. The number of phenolic OH excluding ortho intramolecular Hbond substituents is 1. The number of aromatic hydroxyl groups is 1. The van der Waals surface area contributed by atoms with Crippen LogP contribution in [0.5, 0.6) is 5.75 Å². The van der Waals surface area contributed by atoms with Crippen LogP contribution >= 0.6 is 0 Å². The molecule has 1 aromatic rings. The minimum atomic E-state index is -0.268. The first-order chi connectivity index (χ1) is 6.06. The summed E-state index contributed by atoms with van der Waals surface area (Å²) in [5.41, 5.74) is 6.36. The molecule has 0 aliphatic rings. The summed E-state index contributed by atoms with van der Waals surface area (Å²) >= 11 is 0. The van der Waals surface area contributed by atoms with Crippen molar-refractivity contribution in [2.75, 3.05) is 6.54 Å². The first-order valence-corrected chi connectivity index (χ1v) is 4.25. The average Bonchev–Trinajstić information content (AvgIpc) is 2.10. The van der Waals surface area contributed by atoms with Gasteiger partial charge in [0.05, 0.1) is 0 Å². The summed E-state index contributed by atoms with van der Waals surface area (Å²) < 4.78 is 13.5. The molecule has 0 aromatic heterocycles. The molecule has 2 nitrogen and oxygen atoms in total. The van der Waals surface area contributed by atoms with Gasteiger partial charge in [0.25, 0.3) is 0 Å². The lowest BCUT2D eigenvalue weighted by Crippen LogP contribution is -2.11. The Balaban J connectivity index is 3.20. The molecule has 1 aromatic carbocycles. The van der Waals surface area contributed by atoms with Crippen molar-refractivity contribution >= 4 is 0 Å². The number of benzene rings is 1. The lowest BCUT2D eigenvalue weighted by Gasteiger charge is -2.12. The van der Waals surface area contributed by atoms with Crippen LogP contribution in [0.1, 0.15) is 24.0 Å². The maximum Gasteiger partial charge on any atom is 0.129 e. The first-order valence-electron chi connectivity index (χ1n) is 4.25. The van der Waals surface area contributed by atoms with Gasteiger partial charge in [0.15, 0.2) is 0 Å². The van der Waals surface area contributed by atoms with Gasteiger partial charge in [-0.05, 0) is 42.6 Å². The zero-order valence-electron chi connectivity index (χ0n) is 7.84. The SMILES string of the molecule is Cc1cc(O)cc(C(C)CN)c1F. The molecule has 1 unspecified atom stereocenters. The van der Waals surface area contributed by atoms with E-state index in [0.29, 0.717) is 17.7 Å². The molecule has 3 N–H and O–H groups in total. The smallest absolute Gasteiger partial charge is 0.129 e. The molecular weight excluding hydrogens is 169 g/mol. The Morgan fingerprint density at radius 2 is 2.15 bits per heavy atom. The summed E-state index contributed by atoms with van der Waals surface area (Å²) in [5.74, 6) is -0.240. The second kappa shape index (κ2) is 3.75. The van der Waals surface area contributed by atoms with Crippen LogP contribution in [0.15, 0.2) is 12.1 Å². The first kappa shape index (κ1) is 9.99. The molecule has 0 fully saturated rings. The van der Waals surface area contributed by atoms with E-state index in [0.717, 1.165) is 0 Å². The number of hydrogen-bond acceptors (Lipinski definition) is 2. The third-order valence-electron chi connectivity index (χ3n) is 2.15. The number of halogens is 1. The topological polar surface area (TPSA) is 46.2 Å². The molecule has 1 rings (SSSR count). The third kappa shape index (κ3) is 1.98. The van der Waals surface area contributed by atoms with Crippen LogP contribution in [-0.2, 0) is 0 Å². The molecule has 0 amide bonds. The fourth-order valence-electron chi connectivity index (χ4n) is 1.26. The maximum atomic E-state index is 13.5. The largest absolute Gasteiger partial charge is 0.508 e. The highest BCUT2D eigenvalue weighted by molar-refractivity contribution is 5.36. The van der Waals surface area contributed by atoms with Crippen LogP contribution in [0.3, 0.4) is 0 Å².